The van der Waals surface area contributed by atoms with Crippen LogP contribution in [0.1, 0.15) is 0 Å². The molecule has 0 saturated heterocycles. The summed E-state index contributed by atoms with van der Waals surface area (Å²) in [6, 6.07) is 4.80. The summed E-state index contributed by atoms with van der Waals surface area (Å²) in [4.78, 5) is 23.2. The minimum absolute atomic E-state index is 0.0256. The molecule has 0 bridgehead atoms. The summed E-state index contributed by atoms with van der Waals surface area (Å²) in [5.74, 6) is -1.91. The highest BCUT2D eigenvalue weighted by Crippen LogP contribution is 2.21. The Morgan fingerprint density at radius 1 is 1.35 bits per heavy atom. The third kappa shape index (κ3) is 3.85. The Morgan fingerprint density at radius 2 is 2.17 bits per heavy atom. The van der Waals surface area contributed by atoms with Crippen LogP contribution in [-0.4, -0.2) is 26.6 Å². The summed E-state index contributed by atoms with van der Waals surface area (Å²) < 4.78 is 27.1. The number of imidazole rings is 1. The number of rotatable bonds is 4. The van der Waals surface area contributed by atoms with Gasteiger partial charge in [-0.2, -0.15) is 0 Å². The van der Waals surface area contributed by atoms with E-state index in [0.717, 1.165) is 27.8 Å². The summed E-state index contributed by atoms with van der Waals surface area (Å²) in [6.45, 7) is 0. The van der Waals surface area contributed by atoms with E-state index in [9.17, 15) is 13.6 Å². The molecule has 0 fully saturated rings. The molecule has 0 saturated carbocycles. The summed E-state index contributed by atoms with van der Waals surface area (Å²) >= 11 is 4.47. The average molecular weight is 399 g/mol. The van der Waals surface area contributed by atoms with Crippen molar-refractivity contribution < 1.29 is 13.6 Å². The molecule has 2 heterocycles. The van der Waals surface area contributed by atoms with Crippen LogP contribution in [-0.2, 0) is 4.79 Å². The number of nitrogens with zero attached hydrogens (tertiary/aromatic N) is 2. The van der Waals surface area contributed by atoms with Crippen molar-refractivity contribution in [1.82, 2.24) is 15.0 Å². The lowest BCUT2D eigenvalue weighted by molar-refractivity contribution is -0.113. The van der Waals surface area contributed by atoms with Crippen LogP contribution in [0.2, 0.25) is 0 Å². The van der Waals surface area contributed by atoms with Gasteiger partial charge < -0.3 is 10.3 Å². The molecule has 0 aliphatic rings. The van der Waals surface area contributed by atoms with Gasteiger partial charge in [0.25, 0.3) is 0 Å². The fourth-order valence-corrected chi connectivity index (χ4v) is 2.84. The van der Waals surface area contributed by atoms with Gasteiger partial charge in [0.2, 0.25) is 5.91 Å². The van der Waals surface area contributed by atoms with Gasteiger partial charge >= 0.3 is 0 Å². The van der Waals surface area contributed by atoms with E-state index in [4.69, 9.17) is 0 Å². The number of thioether (sulfide) groups is 1. The Morgan fingerprint density at radius 3 is 2.96 bits per heavy atom. The van der Waals surface area contributed by atoms with Crippen molar-refractivity contribution in [3.8, 4) is 0 Å². The Balaban J connectivity index is 1.63. The normalized spacial score (nSPS) is 10.9. The van der Waals surface area contributed by atoms with Crippen molar-refractivity contribution in [2.75, 3.05) is 11.1 Å². The summed E-state index contributed by atoms with van der Waals surface area (Å²) in [6.07, 6.45) is 1.63. The van der Waals surface area contributed by atoms with Crippen LogP contribution in [0.25, 0.3) is 11.2 Å². The number of benzene rings is 1. The third-order valence-electron chi connectivity index (χ3n) is 2.83. The SMILES string of the molecule is O=C(CSc1nc2ncc(Br)cc2[nH]1)Nc1ccc(F)cc1F. The number of nitrogens with one attached hydrogen (secondary N) is 2. The van der Waals surface area contributed by atoms with E-state index < -0.39 is 17.5 Å². The van der Waals surface area contributed by atoms with Crippen LogP contribution in [0.5, 0.6) is 0 Å². The maximum absolute atomic E-state index is 13.5. The van der Waals surface area contributed by atoms with Crippen LogP contribution in [0.15, 0.2) is 40.1 Å². The lowest BCUT2D eigenvalue weighted by Crippen LogP contribution is -2.15. The first-order valence-electron chi connectivity index (χ1n) is 6.40. The molecule has 5 nitrogen and oxygen atoms in total. The molecule has 3 rings (SSSR count). The van der Waals surface area contributed by atoms with Gasteiger partial charge in [-0.1, -0.05) is 11.8 Å². The maximum Gasteiger partial charge on any atom is 0.234 e. The zero-order chi connectivity index (χ0) is 16.4. The van der Waals surface area contributed by atoms with Gasteiger partial charge in [-0.05, 0) is 34.1 Å². The smallest absolute Gasteiger partial charge is 0.234 e. The quantitative estimate of drug-likeness (QED) is 0.656. The van der Waals surface area contributed by atoms with Gasteiger partial charge in [0, 0.05) is 16.7 Å². The lowest BCUT2D eigenvalue weighted by Gasteiger charge is -2.05. The largest absolute Gasteiger partial charge is 0.331 e. The highest BCUT2D eigenvalue weighted by Gasteiger charge is 2.11. The fraction of sp³-hybridized carbons (Fsp3) is 0.0714. The molecule has 9 heteroatoms. The van der Waals surface area contributed by atoms with Crippen molar-refractivity contribution in [1.29, 1.82) is 0 Å². The van der Waals surface area contributed by atoms with Gasteiger partial charge in [0.1, 0.15) is 11.6 Å². The number of aromatic nitrogens is 3. The predicted octanol–water partition coefficient (Wildman–Crippen LogP) is 3.73. The van der Waals surface area contributed by atoms with Gasteiger partial charge in [-0.3, -0.25) is 4.79 Å². The van der Waals surface area contributed by atoms with E-state index in [1.54, 1.807) is 6.20 Å². The number of hydrogen-bond donors (Lipinski definition) is 2. The van der Waals surface area contributed by atoms with E-state index in [2.05, 4.69) is 36.2 Å². The molecule has 118 valence electrons. The minimum Gasteiger partial charge on any atom is -0.331 e. The molecule has 1 amide bonds. The third-order valence-corrected chi connectivity index (χ3v) is 4.13. The predicted molar refractivity (Wildman–Crippen MR) is 87.3 cm³/mol. The Bertz CT molecular complexity index is 886. The summed E-state index contributed by atoms with van der Waals surface area (Å²) in [5.41, 5.74) is 1.22. The van der Waals surface area contributed by atoms with Crippen LogP contribution in [0.4, 0.5) is 14.5 Å². The zero-order valence-electron chi connectivity index (χ0n) is 11.4. The standard InChI is InChI=1S/C14H9BrF2N4OS/c15-7-3-11-13(18-5-7)21-14(20-11)23-6-12(22)19-10-2-1-8(16)4-9(10)17/h1-5H,6H2,(H,19,22)(H,18,20,21). The number of hydrogen-bond acceptors (Lipinski definition) is 4. The van der Waals surface area contributed by atoms with Crippen LogP contribution in [0.3, 0.4) is 0 Å². The Kier molecular flexibility index (Phi) is 4.58. The van der Waals surface area contributed by atoms with Gasteiger partial charge in [-0.25, -0.2) is 18.7 Å². The Hall–Kier alpha value is -2.00. The van der Waals surface area contributed by atoms with Crippen LogP contribution < -0.4 is 5.32 Å². The van der Waals surface area contributed by atoms with Gasteiger partial charge in [-0.15, -0.1) is 0 Å². The van der Waals surface area contributed by atoms with E-state index in [0.29, 0.717) is 16.9 Å². The molecular formula is C14H9BrF2N4OS. The molecule has 2 aromatic heterocycles. The molecule has 0 aliphatic carbocycles. The number of carbonyl (C=O) groups is 1. The molecule has 2 N–H and O–H groups in total. The van der Waals surface area contributed by atoms with Crippen LogP contribution in [0, 0.1) is 11.6 Å². The van der Waals surface area contributed by atoms with E-state index in [1.165, 1.54) is 6.07 Å². The van der Waals surface area contributed by atoms with E-state index in [1.807, 2.05) is 6.07 Å². The Labute approximate surface area is 142 Å². The molecule has 23 heavy (non-hydrogen) atoms. The number of carbonyl (C=O) groups excluding carboxylic acids is 1. The van der Waals surface area contributed by atoms with Gasteiger partial charge in [0.15, 0.2) is 10.8 Å². The highest BCUT2D eigenvalue weighted by atomic mass is 79.9. The number of amides is 1. The second kappa shape index (κ2) is 6.63. The molecule has 0 radical (unpaired) electrons. The second-order valence-electron chi connectivity index (χ2n) is 4.53. The van der Waals surface area contributed by atoms with E-state index in [-0.39, 0.29) is 11.4 Å². The number of H-pyrrole nitrogens is 1. The second-order valence-corrected chi connectivity index (χ2v) is 6.41. The van der Waals surface area contributed by atoms with Crippen LogP contribution >= 0.6 is 27.7 Å². The highest BCUT2D eigenvalue weighted by molar-refractivity contribution is 9.10. The minimum atomic E-state index is -0.818. The zero-order valence-corrected chi connectivity index (χ0v) is 13.8. The summed E-state index contributed by atoms with van der Waals surface area (Å²) in [7, 11) is 0. The van der Waals surface area contributed by atoms with Crippen molar-refractivity contribution in [3.05, 3.63) is 46.6 Å². The lowest BCUT2D eigenvalue weighted by atomic mass is 10.3. The maximum atomic E-state index is 13.5. The van der Waals surface area contributed by atoms with Crippen molar-refractivity contribution >= 4 is 50.5 Å². The molecule has 3 aromatic rings. The van der Waals surface area contributed by atoms with Crippen molar-refractivity contribution in [2.45, 2.75) is 5.16 Å². The average Bonchev–Trinajstić information content (AvgIpc) is 2.90. The van der Waals surface area contributed by atoms with Crippen molar-refractivity contribution in [2.24, 2.45) is 0 Å². The molecule has 0 spiro atoms. The number of pyridine rings is 1. The molecule has 0 atom stereocenters. The number of aromatic amines is 1. The van der Waals surface area contributed by atoms with E-state index >= 15 is 0 Å². The number of fused-ring (bicyclic) bond motifs is 1. The first-order valence-corrected chi connectivity index (χ1v) is 8.18. The first-order chi connectivity index (χ1) is 11.0. The van der Waals surface area contributed by atoms with Gasteiger partial charge in [0.05, 0.1) is 17.0 Å². The topological polar surface area (TPSA) is 70.7 Å². The molecular weight excluding hydrogens is 390 g/mol. The number of anilines is 1. The monoisotopic (exact) mass is 398 g/mol. The fourth-order valence-electron chi connectivity index (χ4n) is 1.83. The summed E-state index contributed by atoms with van der Waals surface area (Å²) in [5, 5.41) is 2.91. The first kappa shape index (κ1) is 15.9. The molecule has 0 unspecified atom stereocenters. The number of halogens is 3. The van der Waals surface area contributed by atoms with Crippen molar-refractivity contribution in [3.63, 3.8) is 0 Å². The molecule has 0 aliphatic heterocycles. The molecule has 1 aromatic carbocycles.